The molecule has 0 aliphatic rings. The van der Waals surface area contributed by atoms with Crippen molar-refractivity contribution in [2.75, 3.05) is 19.0 Å². The third-order valence-corrected chi connectivity index (χ3v) is 5.07. The lowest BCUT2D eigenvalue weighted by Gasteiger charge is -2.10. The van der Waals surface area contributed by atoms with Crippen molar-refractivity contribution in [1.82, 2.24) is 24.1 Å². The second-order valence-corrected chi connectivity index (χ2v) is 6.75. The van der Waals surface area contributed by atoms with E-state index in [1.54, 1.807) is 19.6 Å². The molecule has 7 nitrogen and oxygen atoms in total. The molecule has 7 heteroatoms. The highest BCUT2D eigenvalue weighted by molar-refractivity contribution is 5.93. The molecule has 0 amide bonds. The van der Waals surface area contributed by atoms with Crippen LogP contribution in [0.2, 0.25) is 0 Å². The predicted octanol–water partition coefficient (Wildman–Crippen LogP) is 3.74. The predicted molar refractivity (Wildman–Crippen MR) is 110 cm³/mol. The van der Waals surface area contributed by atoms with E-state index in [0.29, 0.717) is 0 Å². The third kappa shape index (κ3) is 3.31. The number of methoxy groups -OCH3 is 1. The number of anilines is 1. The average Bonchev–Trinajstić information content (AvgIpc) is 3.33. The van der Waals surface area contributed by atoms with Crippen LogP contribution < -0.4 is 10.1 Å². The minimum Gasteiger partial charge on any atom is -0.497 e. The molecule has 4 aromatic rings. The Balaban J connectivity index is 1.62. The van der Waals surface area contributed by atoms with Gasteiger partial charge in [0.25, 0.3) is 0 Å². The van der Waals surface area contributed by atoms with Gasteiger partial charge in [0, 0.05) is 36.9 Å². The number of nitrogens with one attached hydrogen (secondary N) is 1. The van der Waals surface area contributed by atoms with E-state index in [1.165, 1.54) is 5.56 Å². The van der Waals surface area contributed by atoms with E-state index in [2.05, 4.69) is 43.3 Å². The van der Waals surface area contributed by atoms with Crippen LogP contribution in [0.5, 0.6) is 5.75 Å². The smallest absolute Gasteiger partial charge is 0.150 e. The van der Waals surface area contributed by atoms with Gasteiger partial charge in [-0.05, 0) is 50.1 Å². The standard InChI is InChI=1S/C21H24N6O/c1-15-16(2)27(17-5-7-18(28-3)8-6-17)21-19(15)20(24-13-25-21)23-9-4-11-26-12-10-22-14-26/h5-8,10,12-14H,4,9,11H2,1-3H3,(H,23,24,25). The van der Waals surface area contributed by atoms with Crippen molar-refractivity contribution < 1.29 is 4.74 Å². The highest BCUT2D eigenvalue weighted by atomic mass is 16.5. The van der Waals surface area contributed by atoms with E-state index < -0.39 is 0 Å². The van der Waals surface area contributed by atoms with Crippen LogP contribution >= 0.6 is 0 Å². The molecule has 1 N–H and O–H groups in total. The molecule has 28 heavy (non-hydrogen) atoms. The first-order chi connectivity index (χ1) is 13.7. The van der Waals surface area contributed by atoms with Crippen molar-refractivity contribution in [2.45, 2.75) is 26.8 Å². The average molecular weight is 376 g/mol. The maximum Gasteiger partial charge on any atom is 0.150 e. The van der Waals surface area contributed by atoms with E-state index in [1.807, 2.05) is 36.8 Å². The maximum atomic E-state index is 5.28. The molecule has 0 spiro atoms. The minimum atomic E-state index is 0.830. The van der Waals surface area contributed by atoms with Crippen LogP contribution in [0.15, 0.2) is 49.3 Å². The molecule has 0 unspecified atom stereocenters. The van der Waals surface area contributed by atoms with Crippen LogP contribution in [0.1, 0.15) is 17.7 Å². The number of hydrogen-bond acceptors (Lipinski definition) is 5. The quantitative estimate of drug-likeness (QED) is 0.498. The van der Waals surface area contributed by atoms with Gasteiger partial charge in [-0.2, -0.15) is 0 Å². The number of imidazole rings is 1. The van der Waals surface area contributed by atoms with Gasteiger partial charge in [0.1, 0.15) is 17.9 Å². The largest absolute Gasteiger partial charge is 0.497 e. The van der Waals surface area contributed by atoms with E-state index in [4.69, 9.17) is 4.74 Å². The van der Waals surface area contributed by atoms with Gasteiger partial charge in [0.05, 0.1) is 18.8 Å². The summed E-state index contributed by atoms with van der Waals surface area (Å²) >= 11 is 0. The number of benzene rings is 1. The summed E-state index contributed by atoms with van der Waals surface area (Å²) in [7, 11) is 1.67. The fourth-order valence-corrected chi connectivity index (χ4v) is 3.47. The first-order valence-corrected chi connectivity index (χ1v) is 9.35. The number of ether oxygens (including phenoxy) is 1. The molecule has 0 saturated heterocycles. The van der Waals surface area contributed by atoms with E-state index >= 15 is 0 Å². The molecule has 3 aromatic heterocycles. The monoisotopic (exact) mass is 376 g/mol. The number of fused-ring (bicyclic) bond motifs is 1. The molecule has 0 aliphatic carbocycles. The SMILES string of the molecule is COc1ccc(-n2c(C)c(C)c3c(NCCCn4ccnc4)ncnc32)cc1. The fraction of sp³-hybridized carbons (Fsp3) is 0.286. The molecule has 0 fully saturated rings. The lowest BCUT2D eigenvalue weighted by atomic mass is 10.2. The van der Waals surface area contributed by atoms with Gasteiger partial charge in [-0.15, -0.1) is 0 Å². The summed E-state index contributed by atoms with van der Waals surface area (Å²) in [4.78, 5) is 13.2. The lowest BCUT2D eigenvalue weighted by molar-refractivity contribution is 0.415. The molecule has 0 atom stereocenters. The number of aryl methyl sites for hydroxylation is 2. The van der Waals surface area contributed by atoms with Crippen LogP contribution in [0, 0.1) is 13.8 Å². The summed E-state index contributed by atoms with van der Waals surface area (Å²) < 4.78 is 9.52. The second-order valence-electron chi connectivity index (χ2n) is 6.75. The van der Waals surface area contributed by atoms with E-state index in [0.717, 1.165) is 53.5 Å². The number of rotatable bonds is 7. The highest BCUT2D eigenvalue weighted by Crippen LogP contribution is 2.31. The Labute approximate surface area is 164 Å². The highest BCUT2D eigenvalue weighted by Gasteiger charge is 2.17. The van der Waals surface area contributed by atoms with Crippen LogP contribution in [-0.4, -0.2) is 37.7 Å². The molecule has 0 bridgehead atoms. The van der Waals surface area contributed by atoms with E-state index in [-0.39, 0.29) is 0 Å². The fourth-order valence-electron chi connectivity index (χ4n) is 3.47. The van der Waals surface area contributed by atoms with Crippen molar-refractivity contribution >= 4 is 16.9 Å². The van der Waals surface area contributed by atoms with Crippen LogP contribution in [0.25, 0.3) is 16.7 Å². The molecule has 0 radical (unpaired) electrons. The van der Waals surface area contributed by atoms with E-state index in [9.17, 15) is 0 Å². The van der Waals surface area contributed by atoms with Crippen LogP contribution in [-0.2, 0) is 6.54 Å². The van der Waals surface area contributed by atoms with Gasteiger partial charge in [0.2, 0.25) is 0 Å². The number of aromatic nitrogens is 5. The zero-order valence-electron chi connectivity index (χ0n) is 16.4. The topological polar surface area (TPSA) is 69.8 Å². The Morgan fingerprint density at radius 1 is 1.11 bits per heavy atom. The Hall–Kier alpha value is -3.35. The van der Waals surface area contributed by atoms with Gasteiger partial charge in [-0.25, -0.2) is 15.0 Å². The maximum absolute atomic E-state index is 5.28. The van der Waals surface area contributed by atoms with Gasteiger partial charge in [-0.1, -0.05) is 0 Å². The Bertz CT molecular complexity index is 1070. The summed E-state index contributed by atoms with van der Waals surface area (Å²) in [5.41, 5.74) is 4.30. The lowest BCUT2D eigenvalue weighted by Crippen LogP contribution is -2.07. The minimum absolute atomic E-state index is 0.830. The Morgan fingerprint density at radius 2 is 1.93 bits per heavy atom. The molecule has 0 aliphatic heterocycles. The second kappa shape index (κ2) is 7.72. The first-order valence-electron chi connectivity index (χ1n) is 9.35. The normalized spacial score (nSPS) is 11.1. The van der Waals surface area contributed by atoms with Crippen molar-refractivity contribution in [1.29, 1.82) is 0 Å². The number of nitrogens with zero attached hydrogens (tertiary/aromatic N) is 5. The molecule has 3 heterocycles. The summed E-state index contributed by atoms with van der Waals surface area (Å²) in [6.45, 7) is 5.99. The third-order valence-electron chi connectivity index (χ3n) is 5.07. The van der Waals surface area contributed by atoms with Crippen molar-refractivity contribution in [3.8, 4) is 11.4 Å². The molecular weight excluding hydrogens is 352 g/mol. The van der Waals surface area contributed by atoms with Crippen LogP contribution in [0.4, 0.5) is 5.82 Å². The number of hydrogen-bond donors (Lipinski definition) is 1. The zero-order chi connectivity index (χ0) is 19.5. The Kier molecular flexibility index (Phi) is 4.97. The zero-order valence-corrected chi connectivity index (χ0v) is 16.4. The first kappa shape index (κ1) is 18.0. The molecule has 4 rings (SSSR count). The van der Waals surface area contributed by atoms with Gasteiger partial charge < -0.3 is 14.6 Å². The van der Waals surface area contributed by atoms with Gasteiger partial charge >= 0.3 is 0 Å². The van der Waals surface area contributed by atoms with Crippen molar-refractivity contribution in [3.63, 3.8) is 0 Å². The molecule has 0 saturated carbocycles. The Morgan fingerprint density at radius 3 is 2.64 bits per heavy atom. The van der Waals surface area contributed by atoms with Crippen LogP contribution in [0.3, 0.4) is 0 Å². The van der Waals surface area contributed by atoms with Crippen molar-refractivity contribution in [3.05, 3.63) is 60.6 Å². The molecular formula is C21H24N6O. The summed E-state index contributed by atoms with van der Waals surface area (Å²) in [6, 6.07) is 8.02. The summed E-state index contributed by atoms with van der Waals surface area (Å²) in [5, 5.41) is 4.55. The molecule has 144 valence electrons. The van der Waals surface area contributed by atoms with Gasteiger partial charge in [-0.3, -0.25) is 4.57 Å². The van der Waals surface area contributed by atoms with Gasteiger partial charge in [0.15, 0.2) is 5.65 Å². The molecule has 1 aromatic carbocycles. The van der Waals surface area contributed by atoms with Crippen molar-refractivity contribution in [2.24, 2.45) is 0 Å². The summed E-state index contributed by atoms with van der Waals surface area (Å²) in [6.07, 6.45) is 8.23. The summed E-state index contributed by atoms with van der Waals surface area (Å²) in [5.74, 6) is 1.72.